The van der Waals surface area contributed by atoms with Gasteiger partial charge in [0.25, 0.3) is 0 Å². The van der Waals surface area contributed by atoms with Crippen LogP contribution in [0.2, 0.25) is 0 Å². The van der Waals surface area contributed by atoms with Crippen LogP contribution in [0.15, 0.2) is 0 Å². The summed E-state index contributed by atoms with van der Waals surface area (Å²) in [7, 11) is 14.8. The van der Waals surface area contributed by atoms with Crippen LogP contribution in [0.25, 0.3) is 0 Å². The van der Waals surface area contributed by atoms with Gasteiger partial charge >= 0.3 is 30.2 Å². The van der Waals surface area contributed by atoms with E-state index in [4.69, 9.17) is 30.1 Å². The van der Waals surface area contributed by atoms with Crippen LogP contribution in [-0.2, 0) is 0 Å². The van der Waals surface area contributed by atoms with Crippen molar-refractivity contribution in [1.29, 1.82) is 0 Å². The summed E-state index contributed by atoms with van der Waals surface area (Å²) in [5.74, 6) is 0. The van der Waals surface area contributed by atoms with E-state index in [-0.39, 0.29) is 18.9 Å². The Kier molecular flexibility index (Phi) is 12.1. The molecule has 0 saturated heterocycles. The molecule has 0 unspecified atom stereocenters. The predicted molar refractivity (Wildman–Crippen MR) is 30.5 cm³/mol. The SMILES string of the molecule is [Cl][Al]([Cl])[Cl].[LiH]. The normalized spacial score (nSPS) is 5.40. The molecule has 0 spiro atoms. The van der Waals surface area contributed by atoms with Crippen LogP contribution >= 0.6 is 30.1 Å². The summed E-state index contributed by atoms with van der Waals surface area (Å²) in [6, 6.07) is 0. The molecule has 5 heavy (non-hydrogen) atoms. The maximum atomic E-state index is 4.94. The topological polar surface area (TPSA) is 0 Å². The molecule has 0 aliphatic rings. The fourth-order valence-electron chi connectivity index (χ4n) is 0. The quantitative estimate of drug-likeness (QED) is 0.442. The average molecular weight is 141 g/mol. The number of hydrogen-bond donors (Lipinski definition) is 0. The third kappa shape index (κ3) is 24.0. The van der Waals surface area contributed by atoms with E-state index >= 15 is 0 Å². The van der Waals surface area contributed by atoms with Gasteiger partial charge in [-0.3, -0.25) is 0 Å². The molecular formula is HAlCl3Li. The second-order valence-electron chi connectivity index (χ2n) is 0.247. The van der Waals surface area contributed by atoms with Gasteiger partial charge in [0.15, 0.2) is 0 Å². The first-order valence-corrected chi connectivity index (χ1v) is 5.89. The Bertz CT molecular complexity index is 11.6. The van der Waals surface area contributed by atoms with Crippen molar-refractivity contribution in [3.63, 3.8) is 0 Å². The summed E-state index contributed by atoms with van der Waals surface area (Å²) in [5.41, 5.74) is 0. The van der Waals surface area contributed by atoms with Crippen LogP contribution in [0.1, 0.15) is 0 Å². The molecular weight excluding hydrogens is 140 g/mol. The first-order chi connectivity index (χ1) is 1.73. The van der Waals surface area contributed by atoms with Crippen molar-refractivity contribution < 1.29 is 0 Å². The van der Waals surface area contributed by atoms with E-state index in [1.165, 1.54) is 0 Å². The molecule has 0 aromatic heterocycles. The second-order valence-corrected chi connectivity index (χ2v) is 6.68. The summed E-state index contributed by atoms with van der Waals surface area (Å²) in [4.78, 5) is 0. The molecule has 0 nitrogen and oxygen atoms in total. The van der Waals surface area contributed by atoms with Crippen LogP contribution in [0, 0.1) is 0 Å². The van der Waals surface area contributed by atoms with Crippen molar-refractivity contribution >= 4 is 60.4 Å². The summed E-state index contributed by atoms with van der Waals surface area (Å²) in [5, 5.41) is 0. The Balaban J connectivity index is 0. The molecule has 0 atom stereocenters. The molecule has 0 aromatic rings. The van der Waals surface area contributed by atoms with E-state index in [1.54, 1.807) is 0 Å². The van der Waals surface area contributed by atoms with Gasteiger partial charge in [-0.1, -0.05) is 0 Å². The third-order valence-electron chi connectivity index (χ3n) is 0. The van der Waals surface area contributed by atoms with Crippen molar-refractivity contribution in [3.05, 3.63) is 0 Å². The van der Waals surface area contributed by atoms with Gasteiger partial charge in [0.1, 0.15) is 0 Å². The number of halogens is 3. The van der Waals surface area contributed by atoms with Crippen molar-refractivity contribution in [2.75, 3.05) is 0 Å². The standard InChI is InChI=1S/Al.3ClH.Li.H/h;3*1H;;/q+3;;;;;/p-3. The minimum absolute atomic E-state index is 0. The van der Waals surface area contributed by atoms with E-state index in [2.05, 4.69) is 0 Å². The van der Waals surface area contributed by atoms with Gasteiger partial charge in [0, 0.05) is 0 Å². The molecule has 5 heteroatoms. The second kappa shape index (κ2) is 6.00. The van der Waals surface area contributed by atoms with Crippen molar-refractivity contribution in [2.24, 2.45) is 0 Å². The van der Waals surface area contributed by atoms with Crippen molar-refractivity contribution in [1.82, 2.24) is 0 Å². The predicted octanol–water partition coefficient (Wildman–Crippen LogP) is 1.04. The van der Waals surface area contributed by atoms with Crippen LogP contribution in [0.3, 0.4) is 0 Å². The van der Waals surface area contributed by atoms with Gasteiger partial charge in [0.05, 0.1) is 0 Å². The van der Waals surface area contributed by atoms with Crippen LogP contribution in [0.5, 0.6) is 0 Å². The molecule has 0 radical (unpaired) electrons. The minimum atomic E-state index is -1.72. The van der Waals surface area contributed by atoms with Crippen LogP contribution in [0.4, 0.5) is 0 Å². The van der Waals surface area contributed by atoms with Gasteiger partial charge in [-0.05, 0) is 0 Å². The van der Waals surface area contributed by atoms with Crippen LogP contribution < -0.4 is 0 Å². The maximum absolute atomic E-state index is 4.94. The van der Waals surface area contributed by atoms with Gasteiger partial charge < -0.3 is 0 Å². The Morgan fingerprint density at radius 1 is 1.00 bits per heavy atom. The first-order valence-electron chi connectivity index (χ1n) is 0.655. The van der Waals surface area contributed by atoms with Crippen molar-refractivity contribution in [3.8, 4) is 0 Å². The Labute approximate surface area is 59.9 Å². The molecule has 0 fully saturated rings. The Hall–Kier alpha value is 2.00. The monoisotopic (exact) mass is 140 g/mol. The van der Waals surface area contributed by atoms with Gasteiger partial charge in [-0.25, -0.2) is 30.1 Å². The summed E-state index contributed by atoms with van der Waals surface area (Å²) < 4.78 is 0. The van der Waals surface area contributed by atoms with Gasteiger partial charge in [-0.2, -0.15) is 0 Å². The molecule has 0 aromatic carbocycles. The van der Waals surface area contributed by atoms with E-state index in [9.17, 15) is 0 Å². The van der Waals surface area contributed by atoms with E-state index in [0.29, 0.717) is 0 Å². The zero-order chi connectivity index (χ0) is 3.58. The average Bonchev–Trinajstić information content (AvgIpc) is 0.811. The summed E-state index contributed by atoms with van der Waals surface area (Å²) in [6.07, 6.45) is 0. The molecule has 0 N–H and O–H groups in total. The molecule has 0 bridgehead atoms. The fraction of sp³-hybridized carbons (Fsp3) is 0. The number of hydrogen-bond acceptors (Lipinski definition) is 0. The third-order valence-corrected chi connectivity index (χ3v) is 0. The van der Waals surface area contributed by atoms with E-state index in [0.717, 1.165) is 0 Å². The van der Waals surface area contributed by atoms with Crippen molar-refractivity contribution in [2.45, 2.75) is 0 Å². The zero-order valence-electron chi connectivity index (χ0n) is 1.71. The van der Waals surface area contributed by atoms with E-state index in [1.807, 2.05) is 0 Å². The van der Waals surface area contributed by atoms with Gasteiger partial charge in [0.2, 0.25) is 0 Å². The Morgan fingerprint density at radius 2 is 1.00 bits per heavy atom. The summed E-state index contributed by atoms with van der Waals surface area (Å²) in [6.45, 7) is 0. The van der Waals surface area contributed by atoms with Gasteiger partial charge in [-0.15, -0.1) is 0 Å². The molecule has 0 aliphatic carbocycles. The molecule has 0 rings (SSSR count). The first kappa shape index (κ1) is 10.1. The molecule has 0 saturated carbocycles. The molecule has 0 aliphatic heterocycles. The molecule has 0 heterocycles. The Morgan fingerprint density at radius 3 is 1.00 bits per heavy atom. The number of rotatable bonds is 0. The molecule has 0 amide bonds. The molecule has 26 valence electrons. The van der Waals surface area contributed by atoms with E-state index < -0.39 is 11.4 Å². The van der Waals surface area contributed by atoms with Crippen LogP contribution in [-0.4, -0.2) is 30.2 Å². The summed E-state index contributed by atoms with van der Waals surface area (Å²) >= 11 is -1.72. The fourth-order valence-corrected chi connectivity index (χ4v) is 0. The zero-order valence-corrected chi connectivity index (χ0v) is 5.13.